The Balaban J connectivity index is 2.33. The van der Waals surface area contributed by atoms with Crippen LogP contribution < -0.4 is 5.32 Å². The molecule has 0 fully saturated rings. The van der Waals surface area contributed by atoms with Gasteiger partial charge in [0, 0.05) is 18.7 Å². The molecule has 3 heteroatoms. The average Bonchev–Trinajstić information content (AvgIpc) is 2.23. The Labute approximate surface area is 90.8 Å². The van der Waals surface area contributed by atoms with Gasteiger partial charge < -0.3 is 15.5 Å². The molecule has 1 aromatic rings. The van der Waals surface area contributed by atoms with Crippen LogP contribution in [0.5, 0.6) is 5.75 Å². The van der Waals surface area contributed by atoms with Crippen molar-refractivity contribution in [2.45, 2.75) is 26.3 Å². The van der Waals surface area contributed by atoms with Crippen LogP contribution in [0.25, 0.3) is 0 Å². The predicted molar refractivity (Wildman–Crippen MR) is 60.9 cm³/mol. The molecule has 0 aromatic heterocycles. The number of aromatic hydroxyl groups is 1. The molecule has 0 atom stereocenters. The molecule has 0 bridgehead atoms. The fourth-order valence-corrected chi connectivity index (χ4v) is 1.44. The minimum absolute atomic E-state index is 0.247. The number of aliphatic hydroxyl groups is 1. The van der Waals surface area contributed by atoms with Gasteiger partial charge in [0.2, 0.25) is 0 Å². The summed E-state index contributed by atoms with van der Waals surface area (Å²) in [6.45, 7) is 3.80. The zero-order valence-electron chi connectivity index (χ0n) is 9.16. The van der Waals surface area contributed by atoms with E-state index in [4.69, 9.17) is 5.11 Å². The van der Waals surface area contributed by atoms with Gasteiger partial charge in [0.1, 0.15) is 5.75 Å². The van der Waals surface area contributed by atoms with Gasteiger partial charge in [-0.1, -0.05) is 17.7 Å². The number of nitrogens with one attached hydrogen (secondary N) is 1. The van der Waals surface area contributed by atoms with E-state index < -0.39 is 0 Å². The van der Waals surface area contributed by atoms with Gasteiger partial charge in [0.05, 0.1) is 0 Å². The van der Waals surface area contributed by atoms with E-state index in [0.29, 0.717) is 12.3 Å². The van der Waals surface area contributed by atoms with E-state index in [9.17, 15) is 5.11 Å². The van der Waals surface area contributed by atoms with E-state index in [-0.39, 0.29) is 6.61 Å². The van der Waals surface area contributed by atoms with Gasteiger partial charge >= 0.3 is 0 Å². The highest BCUT2D eigenvalue weighted by Crippen LogP contribution is 2.17. The molecule has 0 aliphatic rings. The number of hydrogen-bond donors (Lipinski definition) is 3. The van der Waals surface area contributed by atoms with Crippen molar-refractivity contribution in [3.05, 3.63) is 29.3 Å². The summed E-state index contributed by atoms with van der Waals surface area (Å²) in [7, 11) is 0. The first kappa shape index (κ1) is 12.0. The van der Waals surface area contributed by atoms with Crippen LogP contribution in [0.4, 0.5) is 0 Å². The topological polar surface area (TPSA) is 52.5 Å². The van der Waals surface area contributed by atoms with Crippen LogP contribution in [0, 0.1) is 6.92 Å². The number of phenols is 1. The Morgan fingerprint density at radius 2 is 2.07 bits per heavy atom. The van der Waals surface area contributed by atoms with Crippen molar-refractivity contribution in [1.29, 1.82) is 0 Å². The zero-order chi connectivity index (χ0) is 11.1. The third kappa shape index (κ3) is 4.32. The van der Waals surface area contributed by atoms with Crippen LogP contribution in [0.2, 0.25) is 0 Å². The molecule has 0 aliphatic carbocycles. The highest BCUT2D eigenvalue weighted by atomic mass is 16.3. The molecule has 15 heavy (non-hydrogen) atoms. The van der Waals surface area contributed by atoms with Crippen molar-refractivity contribution in [2.24, 2.45) is 0 Å². The summed E-state index contributed by atoms with van der Waals surface area (Å²) in [5.74, 6) is 0.343. The molecule has 0 spiro atoms. The smallest absolute Gasteiger partial charge is 0.120 e. The van der Waals surface area contributed by atoms with E-state index in [2.05, 4.69) is 5.32 Å². The van der Waals surface area contributed by atoms with E-state index in [1.54, 1.807) is 6.07 Å². The normalized spacial score (nSPS) is 10.5. The summed E-state index contributed by atoms with van der Waals surface area (Å²) in [4.78, 5) is 0. The zero-order valence-corrected chi connectivity index (χ0v) is 9.16. The first-order valence-electron chi connectivity index (χ1n) is 5.34. The Morgan fingerprint density at radius 1 is 1.27 bits per heavy atom. The van der Waals surface area contributed by atoms with Crippen molar-refractivity contribution in [3.63, 3.8) is 0 Å². The second kappa shape index (κ2) is 6.43. The van der Waals surface area contributed by atoms with Crippen molar-refractivity contribution in [2.75, 3.05) is 13.2 Å². The highest BCUT2D eigenvalue weighted by molar-refractivity contribution is 5.35. The predicted octanol–water partition coefficient (Wildman–Crippen LogP) is 1.56. The summed E-state index contributed by atoms with van der Waals surface area (Å²) in [6, 6.07) is 5.60. The molecule has 3 nitrogen and oxygen atoms in total. The maximum Gasteiger partial charge on any atom is 0.120 e. The Kier molecular flexibility index (Phi) is 5.15. The van der Waals surface area contributed by atoms with E-state index >= 15 is 0 Å². The van der Waals surface area contributed by atoms with Crippen LogP contribution in [0.15, 0.2) is 18.2 Å². The van der Waals surface area contributed by atoms with Gasteiger partial charge in [-0.2, -0.15) is 0 Å². The second-order valence-electron chi connectivity index (χ2n) is 3.74. The number of aryl methyl sites for hydroxylation is 1. The first-order valence-corrected chi connectivity index (χ1v) is 5.34. The lowest BCUT2D eigenvalue weighted by Crippen LogP contribution is -2.15. The summed E-state index contributed by atoms with van der Waals surface area (Å²) < 4.78 is 0. The van der Waals surface area contributed by atoms with Gasteiger partial charge in [0.15, 0.2) is 0 Å². The van der Waals surface area contributed by atoms with Crippen molar-refractivity contribution >= 4 is 0 Å². The minimum Gasteiger partial charge on any atom is -0.508 e. The molecule has 0 aliphatic heterocycles. The van der Waals surface area contributed by atoms with Gasteiger partial charge in [-0.25, -0.2) is 0 Å². The van der Waals surface area contributed by atoms with Crippen molar-refractivity contribution in [3.8, 4) is 5.75 Å². The van der Waals surface area contributed by atoms with E-state index in [0.717, 1.165) is 30.5 Å². The molecule has 0 saturated carbocycles. The van der Waals surface area contributed by atoms with Gasteiger partial charge in [-0.15, -0.1) is 0 Å². The van der Waals surface area contributed by atoms with Gasteiger partial charge in [-0.3, -0.25) is 0 Å². The molecule has 0 radical (unpaired) electrons. The largest absolute Gasteiger partial charge is 0.508 e. The number of rotatable bonds is 6. The molecule has 1 aromatic carbocycles. The van der Waals surface area contributed by atoms with Crippen LogP contribution >= 0.6 is 0 Å². The quantitative estimate of drug-likeness (QED) is 0.623. The lowest BCUT2D eigenvalue weighted by atomic mass is 10.1. The first-order chi connectivity index (χ1) is 7.24. The monoisotopic (exact) mass is 209 g/mol. The van der Waals surface area contributed by atoms with Crippen molar-refractivity contribution < 1.29 is 10.2 Å². The fraction of sp³-hybridized carbons (Fsp3) is 0.500. The third-order valence-corrected chi connectivity index (χ3v) is 2.31. The second-order valence-corrected chi connectivity index (χ2v) is 3.74. The number of hydrogen-bond acceptors (Lipinski definition) is 3. The maximum atomic E-state index is 9.56. The Hall–Kier alpha value is -1.06. The number of aliphatic hydroxyl groups excluding tert-OH is 1. The molecular weight excluding hydrogens is 190 g/mol. The summed E-state index contributed by atoms with van der Waals surface area (Å²) in [6.07, 6.45) is 1.79. The molecular formula is C12H19NO2. The molecule has 0 unspecified atom stereocenters. The lowest BCUT2D eigenvalue weighted by Gasteiger charge is -2.07. The van der Waals surface area contributed by atoms with Crippen LogP contribution in [-0.2, 0) is 6.54 Å². The molecule has 1 rings (SSSR count). The summed E-state index contributed by atoms with van der Waals surface area (Å²) in [5.41, 5.74) is 2.08. The number of unbranched alkanes of at least 4 members (excludes halogenated alkanes) is 1. The standard InChI is InChI=1S/C12H19NO2/c1-10-4-5-12(15)11(8-10)9-13-6-2-3-7-14/h4-5,8,13-15H,2-3,6-7,9H2,1H3. The molecule has 0 heterocycles. The minimum atomic E-state index is 0.247. The molecule has 0 saturated heterocycles. The van der Waals surface area contributed by atoms with E-state index in [1.165, 1.54) is 0 Å². The Bertz CT molecular complexity index is 300. The van der Waals surface area contributed by atoms with Crippen LogP contribution in [-0.4, -0.2) is 23.4 Å². The summed E-state index contributed by atoms with van der Waals surface area (Å²) >= 11 is 0. The molecule has 0 amide bonds. The SMILES string of the molecule is Cc1ccc(O)c(CNCCCCO)c1. The summed E-state index contributed by atoms with van der Waals surface area (Å²) in [5, 5.41) is 21.4. The number of benzene rings is 1. The van der Waals surface area contributed by atoms with Gasteiger partial charge in [-0.05, 0) is 32.4 Å². The Morgan fingerprint density at radius 3 is 2.80 bits per heavy atom. The van der Waals surface area contributed by atoms with E-state index in [1.807, 2.05) is 19.1 Å². The average molecular weight is 209 g/mol. The van der Waals surface area contributed by atoms with Crippen LogP contribution in [0.3, 0.4) is 0 Å². The van der Waals surface area contributed by atoms with Crippen LogP contribution in [0.1, 0.15) is 24.0 Å². The lowest BCUT2D eigenvalue weighted by molar-refractivity contribution is 0.283. The van der Waals surface area contributed by atoms with Crippen molar-refractivity contribution in [1.82, 2.24) is 5.32 Å². The number of phenolic OH excluding ortho intramolecular Hbond substituents is 1. The maximum absolute atomic E-state index is 9.56. The molecule has 3 N–H and O–H groups in total. The third-order valence-electron chi connectivity index (χ3n) is 2.31. The molecule has 84 valence electrons. The highest BCUT2D eigenvalue weighted by Gasteiger charge is 2.00. The fourth-order valence-electron chi connectivity index (χ4n) is 1.44. The van der Waals surface area contributed by atoms with Gasteiger partial charge in [0.25, 0.3) is 0 Å².